The lowest BCUT2D eigenvalue weighted by Gasteiger charge is -2.28. The molecule has 0 N–H and O–H groups in total. The van der Waals surface area contributed by atoms with E-state index in [0.29, 0.717) is 5.78 Å². The van der Waals surface area contributed by atoms with E-state index in [0.717, 1.165) is 38.4 Å². The van der Waals surface area contributed by atoms with Crippen LogP contribution >= 0.6 is 0 Å². The largest absolute Gasteiger partial charge is 0.298 e. The molecule has 2 rings (SSSR count). The minimum absolute atomic E-state index is 0.449. The van der Waals surface area contributed by atoms with Gasteiger partial charge in [-0.1, -0.05) is 32.1 Å². The quantitative estimate of drug-likeness (QED) is 0.712. The highest BCUT2D eigenvalue weighted by atomic mass is 16.1. The Balaban J connectivity index is 1.65. The fraction of sp³-hybridized carbons (Fsp3) is 0.923. The Morgan fingerprint density at radius 1 is 1.13 bits per heavy atom. The van der Waals surface area contributed by atoms with E-state index >= 15 is 0 Å². The van der Waals surface area contributed by atoms with Gasteiger partial charge < -0.3 is 0 Å². The summed E-state index contributed by atoms with van der Waals surface area (Å²) in [7, 11) is 0. The Morgan fingerprint density at radius 2 is 1.93 bits per heavy atom. The van der Waals surface area contributed by atoms with Crippen LogP contribution in [-0.2, 0) is 4.79 Å². The minimum atomic E-state index is 0.449. The van der Waals surface area contributed by atoms with Crippen LogP contribution < -0.4 is 0 Å². The van der Waals surface area contributed by atoms with Crippen molar-refractivity contribution >= 4 is 5.78 Å². The molecule has 0 spiro atoms. The first kappa shape index (κ1) is 11.1. The maximum atomic E-state index is 11.3. The number of carbonyl (C=O) groups excluding carboxylic acids is 1. The molecule has 0 aromatic heterocycles. The molecule has 1 saturated carbocycles. The van der Waals surface area contributed by atoms with Crippen molar-refractivity contribution < 1.29 is 4.79 Å². The number of hydrogen-bond donors (Lipinski definition) is 0. The number of nitrogens with zero attached hydrogens (tertiary/aromatic N) is 1. The third-order valence-corrected chi connectivity index (χ3v) is 3.91. The molecule has 1 saturated heterocycles. The fourth-order valence-electron chi connectivity index (χ4n) is 2.94. The van der Waals surface area contributed by atoms with Crippen LogP contribution in [0.5, 0.6) is 0 Å². The van der Waals surface area contributed by atoms with E-state index in [9.17, 15) is 4.79 Å². The summed E-state index contributed by atoms with van der Waals surface area (Å²) in [5.74, 6) is 1.40. The topological polar surface area (TPSA) is 20.3 Å². The molecule has 15 heavy (non-hydrogen) atoms. The Kier molecular flexibility index (Phi) is 4.18. The van der Waals surface area contributed by atoms with Gasteiger partial charge in [0.1, 0.15) is 5.78 Å². The van der Waals surface area contributed by atoms with Gasteiger partial charge in [-0.05, 0) is 31.8 Å². The van der Waals surface area contributed by atoms with Crippen LogP contribution in [-0.4, -0.2) is 30.3 Å². The summed E-state index contributed by atoms with van der Waals surface area (Å²) in [4.78, 5) is 13.6. The van der Waals surface area contributed by atoms with E-state index < -0.39 is 0 Å². The van der Waals surface area contributed by atoms with Gasteiger partial charge in [0.2, 0.25) is 0 Å². The zero-order chi connectivity index (χ0) is 10.5. The maximum absolute atomic E-state index is 11.3. The van der Waals surface area contributed by atoms with Gasteiger partial charge in [-0.25, -0.2) is 0 Å². The molecule has 0 amide bonds. The highest BCUT2D eigenvalue weighted by Gasteiger charge is 2.19. The predicted molar refractivity (Wildman–Crippen MR) is 61.9 cm³/mol. The first-order chi connectivity index (χ1) is 7.34. The number of carbonyl (C=O) groups is 1. The Bertz CT molecular complexity index is 209. The molecule has 1 aliphatic carbocycles. The first-order valence-corrected chi connectivity index (χ1v) is 6.58. The van der Waals surface area contributed by atoms with Crippen LogP contribution in [0.1, 0.15) is 51.4 Å². The summed E-state index contributed by atoms with van der Waals surface area (Å²) < 4.78 is 0. The smallest absolute Gasteiger partial charge is 0.146 e. The zero-order valence-electron chi connectivity index (χ0n) is 9.71. The van der Waals surface area contributed by atoms with Gasteiger partial charge >= 0.3 is 0 Å². The van der Waals surface area contributed by atoms with Crippen molar-refractivity contribution in [1.29, 1.82) is 0 Å². The molecule has 2 fully saturated rings. The van der Waals surface area contributed by atoms with Crippen LogP contribution in [0.3, 0.4) is 0 Å². The standard InChI is InChI=1S/C13H23NO/c15-13-7-4-9-14(11-13)10-8-12-5-2-1-3-6-12/h12H,1-11H2. The molecule has 2 aliphatic rings. The average molecular weight is 209 g/mol. The zero-order valence-corrected chi connectivity index (χ0v) is 9.71. The lowest BCUT2D eigenvalue weighted by Crippen LogP contribution is -2.36. The fourth-order valence-corrected chi connectivity index (χ4v) is 2.94. The van der Waals surface area contributed by atoms with E-state index in [1.54, 1.807) is 0 Å². The normalized spacial score (nSPS) is 25.7. The summed E-state index contributed by atoms with van der Waals surface area (Å²) in [6.07, 6.45) is 10.4. The highest BCUT2D eigenvalue weighted by molar-refractivity contribution is 5.81. The van der Waals surface area contributed by atoms with Crippen molar-refractivity contribution in [3.05, 3.63) is 0 Å². The van der Waals surface area contributed by atoms with Gasteiger partial charge in [-0.3, -0.25) is 9.69 Å². The molecule has 0 aromatic rings. The molecular weight excluding hydrogens is 186 g/mol. The summed E-state index contributed by atoms with van der Waals surface area (Å²) in [5.41, 5.74) is 0. The van der Waals surface area contributed by atoms with Crippen LogP contribution in [0.2, 0.25) is 0 Å². The van der Waals surface area contributed by atoms with Crippen molar-refractivity contribution in [3.63, 3.8) is 0 Å². The van der Waals surface area contributed by atoms with Gasteiger partial charge in [0.05, 0.1) is 6.54 Å². The number of rotatable bonds is 3. The molecule has 0 atom stereocenters. The van der Waals surface area contributed by atoms with Crippen LogP contribution in [0.25, 0.3) is 0 Å². The SMILES string of the molecule is O=C1CCCN(CCC2CCCCC2)C1. The first-order valence-electron chi connectivity index (χ1n) is 6.58. The molecule has 86 valence electrons. The molecule has 1 heterocycles. The summed E-state index contributed by atoms with van der Waals surface area (Å²) in [6.45, 7) is 3.04. The molecule has 0 bridgehead atoms. The Labute approximate surface area is 93.0 Å². The Morgan fingerprint density at radius 3 is 2.67 bits per heavy atom. The third-order valence-electron chi connectivity index (χ3n) is 3.91. The van der Waals surface area contributed by atoms with Gasteiger partial charge in [-0.2, -0.15) is 0 Å². The lowest BCUT2D eigenvalue weighted by atomic mass is 9.87. The van der Waals surface area contributed by atoms with E-state index in [1.807, 2.05) is 0 Å². The van der Waals surface area contributed by atoms with E-state index in [2.05, 4.69) is 4.90 Å². The van der Waals surface area contributed by atoms with Crippen molar-refractivity contribution in [2.45, 2.75) is 51.4 Å². The van der Waals surface area contributed by atoms with Gasteiger partial charge in [0.15, 0.2) is 0 Å². The average Bonchev–Trinajstić information content (AvgIpc) is 2.28. The van der Waals surface area contributed by atoms with Gasteiger partial charge in [-0.15, -0.1) is 0 Å². The third kappa shape index (κ3) is 3.60. The number of hydrogen-bond acceptors (Lipinski definition) is 2. The monoisotopic (exact) mass is 209 g/mol. The van der Waals surface area contributed by atoms with Crippen molar-refractivity contribution in [1.82, 2.24) is 4.90 Å². The van der Waals surface area contributed by atoms with Crippen LogP contribution in [0.4, 0.5) is 0 Å². The summed E-state index contributed by atoms with van der Waals surface area (Å²) >= 11 is 0. The van der Waals surface area contributed by atoms with Crippen molar-refractivity contribution in [2.75, 3.05) is 19.6 Å². The van der Waals surface area contributed by atoms with Crippen molar-refractivity contribution in [3.8, 4) is 0 Å². The molecule has 0 radical (unpaired) electrons. The number of likely N-dealkylation sites (tertiary alicyclic amines) is 1. The second-order valence-electron chi connectivity index (χ2n) is 5.21. The maximum Gasteiger partial charge on any atom is 0.146 e. The van der Waals surface area contributed by atoms with E-state index in [1.165, 1.54) is 38.5 Å². The lowest BCUT2D eigenvalue weighted by molar-refractivity contribution is -0.122. The van der Waals surface area contributed by atoms with Crippen LogP contribution in [0, 0.1) is 5.92 Å². The number of Topliss-reactive ketones (excluding diaryl/α,β-unsaturated/α-hetero) is 1. The van der Waals surface area contributed by atoms with Crippen molar-refractivity contribution in [2.24, 2.45) is 5.92 Å². The van der Waals surface area contributed by atoms with Gasteiger partial charge in [0.25, 0.3) is 0 Å². The highest BCUT2D eigenvalue weighted by Crippen LogP contribution is 2.26. The summed E-state index contributed by atoms with van der Waals surface area (Å²) in [5, 5.41) is 0. The predicted octanol–water partition coefficient (Wildman–Crippen LogP) is 2.62. The summed E-state index contributed by atoms with van der Waals surface area (Å²) in [6, 6.07) is 0. The Hall–Kier alpha value is -0.370. The van der Waals surface area contributed by atoms with E-state index in [-0.39, 0.29) is 0 Å². The molecule has 1 aliphatic heterocycles. The molecular formula is C13H23NO. The second-order valence-corrected chi connectivity index (χ2v) is 5.21. The molecule has 0 unspecified atom stereocenters. The molecule has 2 nitrogen and oxygen atoms in total. The second kappa shape index (κ2) is 5.64. The molecule has 0 aromatic carbocycles. The van der Waals surface area contributed by atoms with E-state index in [4.69, 9.17) is 0 Å². The number of piperidine rings is 1. The molecule has 2 heteroatoms. The van der Waals surface area contributed by atoms with Gasteiger partial charge in [0, 0.05) is 6.42 Å². The number of ketones is 1. The minimum Gasteiger partial charge on any atom is -0.298 e. The van der Waals surface area contributed by atoms with Crippen LogP contribution in [0.15, 0.2) is 0 Å².